The molecule has 0 saturated heterocycles. The van der Waals surface area contributed by atoms with Crippen LogP contribution in [0, 0.1) is 0 Å². The van der Waals surface area contributed by atoms with E-state index in [0.29, 0.717) is 6.29 Å². The summed E-state index contributed by atoms with van der Waals surface area (Å²) in [4.78, 5) is 20.9. The third-order valence-electron chi connectivity index (χ3n) is 4.28. The lowest BCUT2D eigenvalue weighted by Crippen LogP contribution is -2.08. The van der Waals surface area contributed by atoms with E-state index in [1.807, 2.05) is 0 Å². The number of rotatable bonds is 6. The van der Waals surface area contributed by atoms with Crippen LogP contribution >= 0.6 is 0 Å². The first kappa shape index (κ1) is 23.9. The molecular weight excluding hydrogens is 478 g/mol. The molecule has 3 rings (SSSR count). The monoisotopic (exact) mass is 493 g/mol. The van der Waals surface area contributed by atoms with Crippen molar-refractivity contribution >= 4 is 60.3 Å². The van der Waals surface area contributed by atoms with E-state index < -0.39 is 47.4 Å². The van der Waals surface area contributed by atoms with Crippen LogP contribution in [-0.2, 0) is 25.0 Å². The number of nitrogens with zero attached hydrogens (tertiary/aromatic N) is 2. The van der Waals surface area contributed by atoms with Crippen molar-refractivity contribution in [2.45, 2.75) is 16.7 Å². The second kappa shape index (κ2) is 8.67. The molecule has 0 heterocycles. The van der Waals surface area contributed by atoms with Gasteiger partial charge in [0.15, 0.2) is 5.75 Å². The number of fused-ring (bicyclic) bond motifs is 1. The highest BCUT2D eigenvalue weighted by molar-refractivity contribution is 7.86. The Balaban J connectivity index is 2.39. The van der Waals surface area contributed by atoms with Crippen molar-refractivity contribution in [2.75, 3.05) is 5.32 Å². The summed E-state index contributed by atoms with van der Waals surface area (Å²) >= 11 is 0. The van der Waals surface area contributed by atoms with Crippen LogP contribution < -0.4 is 5.32 Å². The topological polar surface area (TPSA) is 200 Å². The number of carbonyl (C=O) groups excluding carboxylic acids is 2. The van der Waals surface area contributed by atoms with Crippen molar-refractivity contribution in [3.63, 3.8) is 0 Å². The van der Waals surface area contributed by atoms with E-state index in [1.165, 1.54) is 24.3 Å². The minimum Gasteiger partial charge on any atom is -0.505 e. The second-order valence-corrected chi connectivity index (χ2v) is 9.50. The molecular formula is C19H15N3O9S2. The molecule has 1 amide bonds. The summed E-state index contributed by atoms with van der Waals surface area (Å²) in [6.45, 7) is 1.09. The van der Waals surface area contributed by atoms with Gasteiger partial charge in [-0.2, -0.15) is 21.9 Å². The zero-order chi connectivity index (χ0) is 24.6. The van der Waals surface area contributed by atoms with Crippen LogP contribution in [0.1, 0.15) is 17.3 Å². The highest BCUT2D eigenvalue weighted by atomic mass is 32.2. The predicted octanol–water partition coefficient (Wildman–Crippen LogP) is 3.23. The van der Waals surface area contributed by atoms with E-state index in [-0.39, 0.29) is 27.7 Å². The van der Waals surface area contributed by atoms with Gasteiger partial charge in [0.25, 0.3) is 20.2 Å². The number of hydrogen-bond acceptors (Lipinski definition) is 9. The third-order valence-corrected chi connectivity index (χ3v) is 5.98. The molecule has 33 heavy (non-hydrogen) atoms. The number of aromatic hydroxyl groups is 1. The molecule has 12 nitrogen and oxygen atoms in total. The van der Waals surface area contributed by atoms with Crippen LogP contribution in [0.3, 0.4) is 0 Å². The molecule has 0 aliphatic rings. The van der Waals surface area contributed by atoms with E-state index in [0.717, 1.165) is 25.1 Å². The number of carbonyl (C=O) groups is 2. The number of phenols is 1. The second-order valence-electron chi connectivity index (χ2n) is 6.69. The maximum absolute atomic E-state index is 12.0. The number of anilines is 1. The first-order valence-corrected chi connectivity index (χ1v) is 11.7. The van der Waals surface area contributed by atoms with Crippen LogP contribution in [0.25, 0.3) is 10.8 Å². The molecule has 0 aliphatic carbocycles. The largest absolute Gasteiger partial charge is 0.505 e. The van der Waals surface area contributed by atoms with Crippen molar-refractivity contribution in [3.8, 4) is 5.75 Å². The van der Waals surface area contributed by atoms with Gasteiger partial charge >= 0.3 is 0 Å². The lowest BCUT2D eigenvalue weighted by Gasteiger charge is -2.14. The Labute approximate surface area is 187 Å². The van der Waals surface area contributed by atoms with E-state index in [9.17, 15) is 40.6 Å². The van der Waals surface area contributed by atoms with Crippen molar-refractivity contribution in [1.29, 1.82) is 0 Å². The summed E-state index contributed by atoms with van der Waals surface area (Å²) < 4.78 is 66.2. The van der Waals surface area contributed by atoms with Crippen LogP contribution in [0.2, 0.25) is 0 Å². The SMILES string of the molecule is CC(=O)Nc1cc(S(=O)(=O)O)cc2cc(S(=O)(=O)O)c(N=Nc3cccc(C=O)c3)c(O)c12. The van der Waals surface area contributed by atoms with Gasteiger partial charge in [-0.05, 0) is 35.7 Å². The quantitative estimate of drug-likeness (QED) is 0.226. The van der Waals surface area contributed by atoms with Gasteiger partial charge in [-0.3, -0.25) is 18.7 Å². The minimum absolute atomic E-state index is 0.115. The summed E-state index contributed by atoms with van der Waals surface area (Å²) in [5.74, 6) is -1.53. The predicted molar refractivity (Wildman–Crippen MR) is 116 cm³/mol. The molecule has 3 aromatic carbocycles. The maximum Gasteiger partial charge on any atom is 0.296 e. The molecule has 0 radical (unpaired) electrons. The van der Waals surface area contributed by atoms with Crippen molar-refractivity contribution in [3.05, 3.63) is 48.0 Å². The summed E-state index contributed by atoms with van der Waals surface area (Å²) in [5.41, 5.74) is -0.641. The fraction of sp³-hybridized carbons (Fsp3) is 0.0526. The molecule has 0 aliphatic heterocycles. The minimum atomic E-state index is -5.02. The fourth-order valence-corrected chi connectivity index (χ4v) is 4.16. The van der Waals surface area contributed by atoms with Crippen LogP contribution in [0.4, 0.5) is 17.1 Å². The number of amides is 1. The summed E-state index contributed by atoms with van der Waals surface area (Å²) in [5, 5.41) is 20.1. The number of phenolic OH excluding ortho intramolecular Hbond substituents is 1. The first-order valence-electron chi connectivity index (χ1n) is 8.84. The van der Waals surface area contributed by atoms with E-state index >= 15 is 0 Å². The van der Waals surface area contributed by atoms with Crippen LogP contribution in [0.5, 0.6) is 5.75 Å². The van der Waals surface area contributed by atoms with Crippen molar-refractivity contribution in [1.82, 2.24) is 0 Å². The van der Waals surface area contributed by atoms with E-state index in [4.69, 9.17) is 0 Å². The van der Waals surface area contributed by atoms with Gasteiger partial charge in [-0.15, -0.1) is 5.11 Å². The smallest absolute Gasteiger partial charge is 0.296 e. The molecule has 0 unspecified atom stereocenters. The van der Waals surface area contributed by atoms with Crippen LogP contribution in [-0.4, -0.2) is 43.2 Å². The Hall–Kier alpha value is -3.72. The van der Waals surface area contributed by atoms with Crippen LogP contribution in [0.15, 0.2) is 62.5 Å². The molecule has 0 aromatic heterocycles. The number of hydrogen-bond donors (Lipinski definition) is 4. The van der Waals surface area contributed by atoms with Gasteiger partial charge in [0.05, 0.1) is 16.3 Å². The van der Waals surface area contributed by atoms with Gasteiger partial charge in [0.1, 0.15) is 16.9 Å². The normalized spacial score (nSPS) is 12.2. The summed E-state index contributed by atoms with van der Waals surface area (Å²) in [7, 11) is -9.81. The molecule has 0 saturated carbocycles. The van der Waals surface area contributed by atoms with Crippen molar-refractivity contribution in [2.24, 2.45) is 10.2 Å². The zero-order valence-electron chi connectivity index (χ0n) is 16.6. The molecule has 14 heteroatoms. The Bertz CT molecular complexity index is 1550. The summed E-state index contributed by atoms with van der Waals surface area (Å²) in [6, 6.07) is 8.19. The van der Waals surface area contributed by atoms with Gasteiger partial charge in [0.2, 0.25) is 5.91 Å². The highest BCUT2D eigenvalue weighted by Crippen LogP contribution is 2.45. The number of benzene rings is 3. The van der Waals surface area contributed by atoms with Gasteiger partial charge < -0.3 is 10.4 Å². The van der Waals surface area contributed by atoms with Crippen molar-refractivity contribution < 1.29 is 40.6 Å². The van der Waals surface area contributed by atoms with E-state index in [2.05, 4.69) is 15.5 Å². The molecule has 0 bridgehead atoms. The van der Waals surface area contributed by atoms with Gasteiger partial charge in [-0.1, -0.05) is 12.1 Å². The van der Waals surface area contributed by atoms with Gasteiger partial charge in [-0.25, -0.2) is 0 Å². The molecule has 0 fully saturated rings. The average Bonchev–Trinajstić information content (AvgIpc) is 2.70. The zero-order valence-corrected chi connectivity index (χ0v) is 18.3. The molecule has 0 atom stereocenters. The lowest BCUT2D eigenvalue weighted by molar-refractivity contribution is -0.114. The molecule has 172 valence electrons. The number of azo groups is 1. The Morgan fingerprint density at radius 2 is 1.70 bits per heavy atom. The van der Waals surface area contributed by atoms with Gasteiger partial charge in [0, 0.05) is 17.9 Å². The lowest BCUT2D eigenvalue weighted by atomic mass is 10.1. The molecule has 0 spiro atoms. The Morgan fingerprint density at radius 3 is 2.27 bits per heavy atom. The Morgan fingerprint density at radius 1 is 1.00 bits per heavy atom. The highest BCUT2D eigenvalue weighted by Gasteiger charge is 2.25. The fourth-order valence-electron chi connectivity index (χ4n) is 2.96. The average molecular weight is 493 g/mol. The molecule has 3 aromatic rings. The van der Waals surface area contributed by atoms with E-state index in [1.54, 1.807) is 0 Å². The molecule has 4 N–H and O–H groups in total. The standard InChI is InChI=1S/C19H15N3O9S2/c1-10(24)20-15-8-14(32(26,27)28)6-12-7-16(33(29,30)31)18(19(25)17(12)15)22-21-13-4-2-3-11(5-13)9-23/h2-9,25H,1H3,(H,20,24)(H,26,27,28)(H,29,30,31). The Kier molecular flexibility index (Phi) is 6.29. The third kappa shape index (κ3) is 5.20. The summed E-state index contributed by atoms with van der Waals surface area (Å²) in [6.07, 6.45) is 0.544. The number of nitrogens with one attached hydrogen (secondary N) is 1. The maximum atomic E-state index is 12.0. The number of aldehydes is 1. The first-order chi connectivity index (χ1) is 15.3.